The molecule has 1 aromatic heterocycles. The van der Waals surface area contributed by atoms with Crippen molar-refractivity contribution in [2.75, 3.05) is 19.7 Å². The lowest BCUT2D eigenvalue weighted by Crippen LogP contribution is -2.36. The third-order valence-electron chi connectivity index (χ3n) is 2.69. The summed E-state index contributed by atoms with van der Waals surface area (Å²) in [5.74, 6) is 0.438. The summed E-state index contributed by atoms with van der Waals surface area (Å²) in [5, 5.41) is 15.6. The van der Waals surface area contributed by atoms with E-state index >= 15 is 0 Å². The quantitative estimate of drug-likeness (QED) is 0.533. The Kier molecular flexibility index (Phi) is 8.08. The Hall–Kier alpha value is -1.25. The van der Waals surface area contributed by atoms with E-state index in [0.29, 0.717) is 25.4 Å². The Morgan fingerprint density at radius 2 is 2.40 bits per heavy atom. The minimum atomic E-state index is -0.644. The number of rotatable bonds is 10. The van der Waals surface area contributed by atoms with Crippen molar-refractivity contribution < 1.29 is 14.6 Å². The fourth-order valence-corrected chi connectivity index (χ4v) is 1.74. The molecule has 2 atom stereocenters. The number of aliphatic hydroxyl groups excluding tert-OH is 1. The second kappa shape index (κ2) is 9.62. The van der Waals surface area contributed by atoms with Crippen LogP contribution in [0.1, 0.15) is 26.7 Å². The average Bonchev–Trinajstić information content (AvgIpc) is 2.94. The van der Waals surface area contributed by atoms with Crippen LogP contribution < -0.4 is 15.4 Å². The van der Waals surface area contributed by atoms with E-state index in [0.717, 1.165) is 18.1 Å². The van der Waals surface area contributed by atoms with Crippen molar-refractivity contribution >= 4 is 17.6 Å². The van der Waals surface area contributed by atoms with E-state index in [4.69, 9.17) is 4.74 Å². The molecule has 20 heavy (non-hydrogen) atoms. The molecule has 0 aliphatic rings. The minimum Gasteiger partial charge on any atom is -0.473 e. The summed E-state index contributed by atoms with van der Waals surface area (Å²) < 4.78 is 12.9. The van der Waals surface area contributed by atoms with Crippen molar-refractivity contribution in [1.82, 2.24) is 19.4 Å². The Balaban J connectivity index is 2.01. The monoisotopic (exact) mass is 302 g/mol. The molecular formula is C12H22N4O3S. The molecule has 0 spiro atoms. The first-order valence-electron chi connectivity index (χ1n) is 6.70. The fourth-order valence-electron chi connectivity index (χ4n) is 1.38. The number of carbonyl (C=O) groups is 1. The highest BCUT2D eigenvalue weighted by atomic mass is 32.1. The molecular weight excluding hydrogens is 280 g/mol. The zero-order valence-electron chi connectivity index (χ0n) is 11.8. The maximum Gasteiger partial charge on any atom is 0.245 e. The largest absolute Gasteiger partial charge is 0.473 e. The molecule has 0 fully saturated rings. The van der Waals surface area contributed by atoms with Crippen molar-refractivity contribution in [2.24, 2.45) is 0 Å². The van der Waals surface area contributed by atoms with E-state index in [1.165, 1.54) is 6.20 Å². The molecule has 0 aliphatic heterocycles. The molecule has 3 N–H and O–H groups in total. The van der Waals surface area contributed by atoms with Crippen LogP contribution in [-0.4, -0.2) is 51.6 Å². The van der Waals surface area contributed by atoms with Crippen LogP contribution in [0.25, 0.3) is 0 Å². The SMILES string of the molecule is CCC(C)NC(=O)CCNCC(O)COc1cnsn1. The van der Waals surface area contributed by atoms with Crippen LogP contribution in [0.4, 0.5) is 0 Å². The van der Waals surface area contributed by atoms with Gasteiger partial charge in [0.05, 0.1) is 11.7 Å². The summed E-state index contributed by atoms with van der Waals surface area (Å²) in [6, 6.07) is 0.202. The van der Waals surface area contributed by atoms with Crippen molar-refractivity contribution in [2.45, 2.75) is 38.8 Å². The van der Waals surface area contributed by atoms with Crippen LogP contribution in [0.3, 0.4) is 0 Å². The number of ether oxygens (including phenoxy) is 1. The van der Waals surface area contributed by atoms with Gasteiger partial charge in [-0.2, -0.15) is 4.37 Å². The standard InChI is InChI=1S/C12H22N4O3S/c1-3-9(2)15-11(18)4-5-13-6-10(17)8-19-12-7-14-20-16-12/h7,9-10,13,17H,3-6,8H2,1-2H3,(H,15,18). The molecule has 1 amide bonds. The van der Waals surface area contributed by atoms with Gasteiger partial charge >= 0.3 is 0 Å². The number of carbonyl (C=O) groups excluding carboxylic acids is 1. The van der Waals surface area contributed by atoms with E-state index in [1.807, 2.05) is 13.8 Å². The molecule has 0 aliphatic carbocycles. The number of hydrogen-bond donors (Lipinski definition) is 3. The van der Waals surface area contributed by atoms with Gasteiger partial charge in [-0.25, -0.2) is 0 Å². The third kappa shape index (κ3) is 7.37. The normalized spacial score (nSPS) is 13.8. The maximum absolute atomic E-state index is 11.5. The molecule has 0 saturated heterocycles. The molecule has 0 aromatic carbocycles. The first-order valence-corrected chi connectivity index (χ1v) is 7.43. The Morgan fingerprint density at radius 3 is 3.05 bits per heavy atom. The second-order valence-electron chi connectivity index (χ2n) is 4.54. The van der Waals surface area contributed by atoms with E-state index in [9.17, 15) is 9.90 Å². The Labute approximate surface area is 123 Å². The third-order valence-corrected chi connectivity index (χ3v) is 3.15. The predicted molar refractivity (Wildman–Crippen MR) is 76.8 cm³/mol. The smallest absolute Gasteiger partial charge is 0.245 e. The second-order valence-corrected chi connectivity index (χ2v) is 5.10. The van der Waals surface area contributed by atoms with Crippen molar-refractivity contribution in [3.8, 4) is 5.88 Å². The van der Waals surface area contributed by atoms with Crippen LogP contribution in [-0.2, 0) is 4.79 Å². The van der Waals surface area contributed by atoms with Gasteiger partial charge < -0.3 is 20.5 Å². The number of amides is 1. The Morgan fingerprint density at radius 1 is 1.60 bits per heavy atom. The number of aromatic nitrogens is 2. The van der Waals surface area contributed by atoms with Gasteiger partial charge in [0.1, 0.15) is 18.9 Å². The zero-order chi connectivity index (χ0) is 14.8. The van der Waals surface area contributed by atoms with E-state index in [2.05, 4.69) is 19.4 Å². The Bertz CT molecular complexity index is 375. The molecule has 114 valence electrons. The van der Waals surface area contributed by atoms with Crippen LogP contribution >= 0.6 is 11.7 Å². The fraction of sp³-hybridized carbons (Fsp3) is 0.750. The number of hydrogen-bond acceptors (Lipinski definition) is 7. The molecule has 0 bridgehead atoms. The molecule has 1 heterocycles. The summed E-state index contributed by atoms with van der Waals surface area (Å²) in [5.41, 5.74) is 0. The summed E-state index contributed by atoms with van der Waals surface area (Å²) in [7, 11) is 0. The maximum atomic E-state index is 11.5. The molecule has 1 aromatic rings. The first-order chi connectivity index (χ1) is 9.61. The van der Waals surface area contributed by atoms with Gasteiger partial charge in [0.2, 0.25) is 11.8 Å². The lowest BCUT2D eigenvalue weighted by molar-refractivity contribution is -0.121. The highest BCUT2D eigenvalue weighted by Crippen LogP contribution is 2.04. The number of nitrogens with one attached hydrogen (secondary N) is 2. The lowest BCUT2D eigenvalue weighted by atomic mass is 10.2. The summed E-state index contributed by atoms with van der Waals surface area (Å²) in [4.78, 5) is 11.5. The van der Waals surface area contributed by atoms with Crippen molar-refractivity contribution in [1.29, 1.82) is 0 Å². The van der Waals surface area contributed by atoms with Gasteiger partial charge in [0, 0.05) is 25.6 Å². The molecule has 1 rings (SSSR count). The highest BCUT2D eigenvalue weighted by molar-refractivity contribution is 6.99. The molecule has 0 saturated carbocycles. The average molecular weight is 302 g/mol. The molecule has 0 radical (unpaired) electrons. The van der Waals surface area contributed by atoms with Crippen molar-refractivity contribution in [3.05, 3.63) is 6.20 Å². The zero-order valence-corrected chi connectivity index (χ0v) is 12.7. The first kappa shape index (κ1) is 16.8. The predicted octanol–water partition coefficient (Wildman–Crippen LogP) is 0.172. The summed E-state index contributed by atoms with van der Waals surface area (Å²) in [6.45, 7) is 5.04. The van der Waals surface area contributed by atoms with Gasteiger partial charge in [-0.3, -0.25) is 4.79 Å². The van der Waals surface area contributed by atoms with Gasteiger partial charge in [-0.1, -0.05) is 6.92 Å². The van der Waals surface area contributed by atoms with Crippen molar-refractivity contribution in [3.63, 3.8) is 0 Å². The number of nitrogens with zero attached hydrogens (tertiary/aromatic N) is 2. The van der Waals surface area contributed by atoms with Gasteiger partial charge in [0.25, 0.3) is 0 Å². The van der Waals surface area contributed by atoms with Gasteiger partial charge in [0.15, 0.2) is 0 Å². The van der Waals surface area contributed by atoms with E-state index < -0.39 is 6.10 Å². The van der Waals surface area contributed by atoms with Crippen LogP contribution in [0.5, 0.6) is 5.88 Å². The minimum absolute atomic E-state index is 0.0196. The summed E-state index contributed by atoms with van der Waals surface area (Å²) >= 11 is 1.06. The highest BCUT2D eigenvalue weighted by Gasteiger charge is 2.08. The molecule has 2 unspecified atom stereocenters. The number of aliphatic hydroxyl groups is 1. The van der Waals surface area contributed by atoms with Gasteiger partial charge in [-0.05, 0) is 13.3 Å². The van der Waals surface area contributed by atoms with Gasteiger partial charge in [-0.15, -0.1) is 4.37 Å². The topological polar surface area (TPSA) is 96.4 Å². The van der Waals surface area contributed by atoms with Crippen LogP contribution in [0.2, 0.25) is 0 Å². The van der Waals surface area contributed by atoms with Crippen LogP contribution in [0, 0.1) is 0 Å². The van der Waals surface area contributed by atoms with E-state index in [1.54, 1.807) is 0 Å². The van der Waals surface area contributed by atoms with Crippen LogP contribution in [0.15, 0.2) is 6.20 Å². The van der Waals surface area contributed by atoms with E-state index in [-0.39, 0.29) is 18.6 Å². The summed E-state index contributed by atoms with van der Waals surface area (Å²) in [6.07, 6.45) is 2.17. The molecule has 8 heteroatoms. The molecule has 7 nitrogen and oxygen atoms in total. The lowest BCUT2D eigenvalue weighted by Gasteiger charge is -2.13.